The second-order valence-electron chi connectivity index (χ2n) is 4.71. The molecule has 1 atom stereocenters. The Morgan fingerprint density at radius 3 is 2.62 bits per heavy atom. The minimum absolute atomic E-state index is 0.152. The van der Waals surface area contributed by atoms with Gasteiger partial charge in [-0.25, -0.2) is 9.97 Å². The first-order valence-corrected chi connectivity index (χ1v) is 6.66. The number of hydrogen-bond donors (Lipinski definition) is 1. The Kier molecular flexibility index (Phi) is 3.55. The monoisotopic (exact) mass is 278 g/mol. The van der Waals surface area contributed by atoms with Gasteiger partial charge in [0.25, 0.3) is 5.91 Å². The SMILES string of the molecule is CC(NC(=O)c1ccc2ncccc2c1)c1ncccn1. The lowest BCUT2D eigenvalue weighted by Gasteiger charge is -2.12. The van der Waals surface area contributed by atoms with Crippen LogP contribution in [-0.2, 0) is 0 Å². The van der Waals surface area contributed by atoms with Crippen molar-refractivity contribution >= 4 is 16.8 Å². The highest BCUT2D eigenvalue weighted by atomic mass is 16.1. The van der Waals surface area contributed by atoms with Gasteiger partial charge in [-0.3, -0.25) is 9.78 Å². The fourth-order valence-electron chi connectivity index (χ4n) is 2.10. The summed E-state index contributed by atoms with van der Waals surface area (Å²) >= 11 is 0. The molecule has 0 bridgehead atoms. The van der Waals surface area contributed by atoms with Gasteiger partial charge in [0.05, 0.1) is 11.6 Å². The fraction of sp³-hybridized carbons (Fsp3) is 0.125. The van der Waals surface area contributed by atoms with E-state index in [-0.39, 0.29) is 11.9 Å². The van der Waals surface area contributed by atoms with E-state index in [0.29, 0.717) is 11.4 Å². The number of pyridine rings is 1. The van der Waals surface area contributed by atoms with E-state index < -0.39 is 0 Å². The van der Waals surface area contributed by atoms with E-state index in [9.17, 15) is 4.79 Å². The van der Waals surface area contributed by atoms with Gasteiger partial charge < -0.3 is 5.32 Å². The zero-order valence-corrected chi connectivity index (χ0v) is 11.5. The molecule has 0 fully saturated rings. The van der Waals surface area contributed by atoms with Crippen LogP contribution in [0, 0.1) is 0 Å². The van der Waals surface area contributed by atoms with Crippen LogP contribution in [0.25, 0.3) is 10.9 Å². The maximum atomic E-state index is 12.3. The van der Waals surface area contributed by atoms with Gasteiger partial charge in [-0.2, -0.15) is 0 Å². The van der Waals surface area contributed by atoms with Gasteiger partial charge in [-0.15, -0.1) is 0 Å². The minimum atomic E-state index is -0.247. The minimum Gasteiger partial charge on any atom is -0.342 e. The maximum absolute atomic E-state index is 12.3. The summed E-state index contributed by atoms with van der Waals surface area (Å²) in [5.74, 6) is 0.439. The van der Waals surface area contributed by atoms with Crippen molar-refractivity contribution in [1.82, 2.24) is 20.3 Å². The van der Waals surface area contributed by atoms with Gasteiger partial charge in [-0.1, -0.05) is 6.07 Å². The Balaban J connectivity index is 1.80. The highest BCUT2D eigenvalue weighted by molar-refractivity contribution is 5.98. The first-order valence-electron chi connectivity index (χ1n) is 6.66. The molecule has 0 aliphatic rings. The molecule has 0 saturated heterocycles. The van der Waals surface area contributed by atoms with Gasteiger partial charge in [0.1, 0.15) is 5.82 Å². The molecule has 0 aliphatic carbocycles. The lowest BCUT2D eigenvalue weighted by molar-refractivity contribution is 0.0938. The zero-order valence-electron chi connectivity index (χ0n) is 11.5. The summed E-state index contributed by atoms with van der Waals surface area (Å²) < 4.78 is 0. The second kappa shape index (κ2) is 5.66. The molecule has 0 aliphatic heterocycles. The van der Waals surface area contributed by atoms with E-state index in [0.717, 1.165) is 10.9 Å². The van der Waals surface area contributed by atoms with Crippen LogP contribution in [0.2, 0.25) is 0 Å². The lowest BCUT2D eigenvalue weighted by atomic mass is 10.1. The van der Waals surface area contributed by atoms with Gasteiger partial charge in [0, 0.05) is 29.5 Å². The average Bonchev–Trinajstić information content (AvgIpc) is 2.55. The summed E-state index contributed by atoms with van der Waals surface area (Å²) in [6, 6.07) is 10.7. The van der Waals surface area contributed by atoms with Gasteiger partial charge >= 0.3 is 0 Å². The molecule has 21 heavy (non-hydrogen) atoms. The predicted octanol–water partition coefficient (Wildman–Crippen LogP) is 2.52. The van der Waals surface area contributed by atoms with Crippen molar-refractivity contribution in [2.45, 2.75) is 13.0 Å². The van der Waals surface area contributed by atoms with Crippen molar-refractivity contribution < 1.29 is 4.79 Å². The van der Waals surface area contributed by atoms with Crippen molar-refractivity contribution in [3.05, 3.63) is 66.4 Å². The number of hydrogen-bond acceptors (Lipinski definition) is 4. The number of fused-ring (bicyclic) bond motifs is 1. The molecular formula is C16H14N4O. The molecule has 0 saturated carbocycles. The Hall–Kier alpha value is -2.82. The topological polar surface area (TPSA) is 67.8 Å². The molecule has 2 aromatic heterocycles. The van der Waals surface area contributed by atoms with Crippen LogP contribution in [0.1, 0.15) is 29.1 Å². The highest BCUT2D eigenvalue weighted by Crippen LogP contribution is 2.14. The molecular weight excluding hydrogens is 264 g/mol. The van der Waals surface area contributed by atoms with Crippen molar-refractivity contribution in [3.8, 4) is 0 Å². The van der Waals surface area contributed by atoms with Crippen LogP contribution in [0.4, 0.5) is 0 Å². The molecule has 5 nitrogen and oxygen atoms in total. The summed E-state index contributed by atoms with van der Waals surface area (Å²) in [5, 5.41) is 3.83. The average molecular weight is 278 g/mol. The molecule has 3 aromatic rings. The third-order valence-corrected chi connectivity index (χ3v) is 3.19. The summed E-state index contributed by atoms with van der Waals surface area (Å²) in [6.07, 6.45) is 5.05. The summed E-state index contributed by atoms with van der Waals surface area (Å²) in [5.41, 5.74) is 1.46. The quantitative estimate of drug-likeness (QED) is 0.799. The molecule has 0 radical (unpaired) electrons. The first-order chi connectivity index (χ1) is 10.2. The number of aromatic nitrogens is 3. The first kappa shape index (κ1) is 13.2. The number of carbonyl (C=O) groups excluding carboxylic acids is 1. The van der Waals surface area contributed by atoms with Gasteiger partial charge in [0.2, 0.25) is 0 Å². The van der Waals surface area contributed by atoms with E-state index in [4.69, 9.17) is 0 Å². The number of rotatable bonds is 3. The summed E-state index contributed by atoms with van der Waals surface area (Å²) in [7, 11) is 0. The Morgan fingerprint density at radius 2 is 1.81 bits per heavy atom. The van der Waals surface area contributed by atoms with Crippen LogP contribution >= 0.6 is 0 Å². The number of benzene rings is 1. The van der Waals surface area contributed by atoms with Crippen molar-refractivity contribution in [2.75, 3.05) is 0 Å². The Labute approximate surface area is 122 Å². The number of nitrogens with one attached hydrogen (secondary N) is 1. The smallest absolute Gasteiger partial charge is 0.251 e. The fourth-order valence-corrected chi connectivity index (χ4v) is 2.10. The Bertz CT molecular complexity index is 773. The van der Waals surface area contributed by atoms with E-state index in [1.807, 2.05) is 31.2 Å². The molecule has 1 unspecified atom stereocenters. The molecule has 1 N–H and O–H groups in total. The summed E-state index contributed by atoms with van der Waals surface area (Å²) in [6.45, 7) is 1.86. The van der Waals surface area contributed by atoms with E-state index >= 15 is 0 Å². The Morgan fingerprint density at radius 1 is 1.05 bits per heavy atom. The third-order valence-electron chi connectivity index (χ3n) is 3.19. The summed E-state index contributed by atoms with van der Waals surface area (Å²) in [4.78, 5) is 24.8. The van der Waals surface area contributed by atoms with E-state index in [2.05, 4.69) is 20.3 Å². The van der Waals surface area contributed by atoms with Crippen LogP contribution in [0.15, 0.2) is 55.0 Å². The van der Waals surface area contributed by atoms with Crippen LogP contribution in [0.3, 0.4) is 0 Å². The van der Waals surface area contributed by atoms with Crippen LogP contribution < -0.4 is 5.32 Å². The van der Waals surface area contributed by atoms with E-state index in [1.54, 1.807) is 30.7 Å². The molecule has 2 heterocycles. The van der Waals surface area contributed by atoms with Gasteiger partial charge in [0.15, 0.2) is 0 Å². The number of amides is 1. The largest absolute Gasteiger partial charge is 0.342 e. The molecule has 1 amide bonds. The molecule has 1 aromatic carbocycles. The normalized spacial score (nSPS) is 12.0. The molecule has 5 heteroatoms. The van der Waals surface area contributed by atoms with Crippen molar-refractivity contribution in [3.63, 3.8) is 0 Å². The number of nitrogens with zero attached hydrogens (tertiary/aromatic N) is 3. The standard InChI is InChI=1S/C16H14N4O/c1-11(15-18-8-3-9-19-15)20-16(21)13-5-6-14-12(10-13)4-2-7-17-14/h2-11H,1H3,(H,20,21). The van der Waals surface area contributed by atoms with Crippen molar-refractivity contribution in [1.29, 1.82) is 0 Å². The third kappa shape index (κ3) is 2.86. The predicted molar refractivity (Wildman–Crippen MR) is 79.7 cm³/mol. The zero-order chi connectivity index (χ0) is 14.7. The van der Waals surface area contributed by atoms with Crippen molar-refractivity contribution in [2.24, 2.45) is 0 Å². The number of carbonyl (C=O) groups is 1. The molecule has 0 spiro atoms. The van der Waals surface area contributed by atoms with Crippen LogP contribution in [-0.4, -0.2) is 20.9 Å². The molecule has 3 rings (SSSR count). The lowest BCUT2D eigenvalue weighted by Crippen LogP contribution is -2.27. The highest BCUT2D eigenvalue weighted by Gasteiger charge is 2.13. The van der Waals surface area contributed by atoms with E-state index in [1.165, 1.54) is 0 Å². The van der Waals surface area contributed by atoms with Crippen LogP contribution in [0.5, 0.6) is 0 Å². The maximum Gasteiger partial charge on any atom is 0.251 e. The van der Waals surface area contributed by atoms with Gasteiger partial charge in [-0.05, 0) is 37.3 Å². The molecule has 104 valence electrons. The second-order valence-corrected chi connectivity index (χ2v) is 4.71.